The lowest BCUT2D eigenvalue weighted by Crippen LogP contribution is -2.50. The molecule has 0 aliphatic heterocycles. The Hall–Kier alpha value is -2.54. The molecular formula is C24H31BrN2O4. The van der Waals surface area contributed by atoms with Gasteiger partial charge in [-0.3, -0.25) is 9.59 Å². The number of carbonyl (C=O) groups excluding carboxylic acids is 2. The van der Waals surface area contributed by atoms with E-state index >= 15 is 0 Å². The molecule has 1 N–H and O–H groups in total. The van der Waals surface area contributed by atoms with Crippen molar-refractivity contribution in [2.45, 2.75) is 52.7 Å². The number of rotatable bonds is 10. The topological polar surface area (TPSA) is 67.9 Å². The van der Waals surface area contributed by atoms with E-state index in [-0.39, 0.29) is 24.5 Å². The van der Waals surface area contributed by atoms with E-state index in [1.54, 1.807) is 25.0 Å². The molecule has 6 nitrogen and oxygen atoms in total. The molecule has 2 amide bonds. The van der Waals surface area contributed by atoms with E-state index in [2.05, 4.69) is 21.2 Å². The zero-order valence-electron chi connectivity index (χ0n) is 18.8. The fraction of sp³-hybridized carbons (Fsp3) is 0.417. The highest BCUT2D eigenvalue weighted by atomic mass is 79.9. The van der Waals surface area contributed by atoms with Gasteiger partial charge in [0.25, 0.3) is 5.91 Å². The molecule has 2 aromatic carbocycles. The second kappa shape index (κ2) is 11.7. The van der Waals surface area contributed by atoms with E-state index in [0.29, 0.717) is 12.3 Å². The summed E-state index contributed by atoms with van der Waals surface area (Å²) < 4.78 is 11.9. The van der Waals surface area contributed by atoms with Crippen LogP contribution >= 0.6 is 15.9 Å². The van der Waals surface area contributed by atoms with E-state index in [9.17, 15) is 9.59 Å². The highest BCUT2D eigenvalue weighted by Gasteiger charge is 2.27. The smallest absolute Gasteiger partial charge is 0.261 e. The SMILES string of the molecule is CCC(C)NC(=O)C(C)N(Cc1ccc(OC)cc1)C(=O)COc1ccc(Br)c(C)c1. The Morgan fingerprint density at radius 3 is 2.32 bits per heavy atom. The van der Waals surface area contributed by atoms with Gasteiger partial charge in [0.1, 0.15) is 17.5 Å². The van der Waals surface area contributed by atoms with Crippen molar-refractivity contribution in [1.82, 2.24) is 10.2 Å². The standard InChI is InChI=1S/C24H31BrN2O4/c1-6-17(3)26-24(29)18(4)27(14-19-7-9-20(30-5)10-8-19)23(28)15-31-21-11-12-22(25)16(2)13-21/h7-13,17-18H,6,14-15H2,1-5H3,(H,26,29). The van der Waals surface area contributed by atoms with Crippen LogP contribution in [0.25, 0.3) is 0 Å². The molecule has 2 unspecified atom stereocenters. The maximum atomic E-state index is 13.1. The third-order valence-corrected chi connectivity index (χ3v) is 6.06. The van der Waals surface area contributed by atoms with Crippen molar-refractivity contribution in [2.75, 3.05) is 13.7 Å². The predicted molar refractivity (Wildman–Crippen MR) is 125 cm³/mol. The van der Waals surface area contributed by atoms with Gasteiger partial charge >= 0.3 is 0 Å². The summed E-state index contributed by atoms with van der Waals surface area (Å²) in [4.78, 5) is 27.4. The normalized spacial score (nSPS) is 12.6. The quantitative estimate of drug-likeness (QED) is 0.533. The van der Waals surface area contributed by atoms with E-state index in [1.807, 2.05) is 57.2 Å². The molecule has 0 fully saturated rings. The molecule has 31 heavy (non-hydrogen) atoms. The minimum atomic E-state index is -0.640. The summed E-state index contributed by atoms with van der Waals surface area (Å²) in [5.41, 5.74) is 1.91. The van der Waals surface area contributed by atoms with Crippen LogP contribution in [0.2, 0.25) is 0 Å². The summed E-state index contributed by atoms with van der Waals surface area (Å²) in [6.07, 6.45) is 0.816. The number of aryl methyl sites for hydroxylation is 1. The highest BCUT2D eigenvalue weighted by Crippen LogP contribution is 2.22. The van der Waals surface area contributed by atoms with Gasteiger partial charge in [-0.1, -0.05) is 35.0 Å². The fourth-order valence-electron chi connectivity index (χ4n) is 2.91. The molecule has 0 aliphatic carbocycles. The number of benzene rings is 2. The summed E-state index contributed by atoms with van der Waals surface area (Å²) in [5.74, 6) is 0.896. The Kier molecular flexibility index (Phi) is 9.37. The number of nitrogens with zero attached hydrogens (tertiary/aromatic N) is 1. The maximum absolute atomic E-state index is 13.1. The monoisotopic (exact) mass is 490 g/mol. The molecule has 7 heteroatoms. The highest BCUT2D eigenvalue weighted by molar-refractivity contribution is 9.10. The lowest BCUT2D eigenvalue weighted by atomic mass is 10.1. The van der Waals surface area contributed by atoms with Crippen LogP contribution in [0.1, 0.15) is 38.3 Å². The number of carbonyl (C=O) groups is 2. The number of hydrogen-bond donors (Lipinski definition) is 1. The Bertz CT molecular complexity index is 886. The average molecular weight is 491 g/mol. The van der Waals surface area contributed by atoms with Gasteiger partial charge in [0.15, 0.2) is 6.61 Å². The minimum Gasteiger partial charge on any atom is -0.497 e. The summed E-state index contributed by atoms with van der Waals surface area (Å²) in [5, 5.41) is 2.96. The van der Waals surface area contributed by atoms with Gasteiger partial charge in [0.2, 0.25) is 5.91 Å². The first kappa shape index (κ1) is 24.7. The molecule has 0 aliphatic rings. The molecule has 2 atom stereocenters. The van der Waals surface area contributed by atoms with Crippen LogP contribution in [0.4, 0.5) is 0 Å². The predicted octanol–water partition coefficient (Wildman–Crippen LogP) is 4.48. The summed E-state index contributed by atoms with van der Waals surface area (Å²) in [6.45, 7) is 7.78. The van der Waals surface area contributed by atoms with Crippen molar-refractivity contribution < 1.29 is 19.1 Å². The zero-order valence-corrected chi connectivity index (χ0v) is 20.4. The van der Waals surface area contributed by atoms with Gasteiger partial charge < -0.3 is 19.7 Å². The van der Waals surface area contributed by atoms with Crippen molar-refractivity contribution >= 4 is 27.7 Å². The Labute approximate surface area is 193 Å². The van der Waals surface area contributed by atoms with Crippen LogP contribution in [0.15, 0.2) is 46.9 Å². The van der Waals surface area contributed by atoms with E-state index in [4.69, 9.17) is 9.47 Å². The van der Waals surface area contributed by atoms with Crippen molar-refractivity contribution in [2.24, 2.45) is 0 Å². The molecule has 2 aromatic rings. The van der Waals surface area contributed by atoms with Crippen LogP contribution in [-0.4, -0.2) is 42.5 Å². The van der Waals surface area contributed by atoms with Gasteiger partial charge in [-0.2, -0.15) is 0 Å². The van der Waals surface area contributed by atoms with Crippen molar-refractivity contribution in [1.29, 1.82) is 0 Å². The molecule has 0 spiro atoms. The van der Waals surface area contributed by atoms with Crippen molar-refractivity contribution in [3.8, 4) is 11.5 Å². The Balaban J connectivity index is 2.16. The van der Waals surface area contributed by atoms with Crippen LogP contribution in [0.5, 0.6) is 11.5 Å². The summed E-state index contributed by atoms with van der Waals surface area (Å²) >= 11 is 3.46. The maximum Gasteiger partial charge on any atom is 0.261 e. The lowest BCUT2D eigenvalue weighted by molar-refractivity contribution is -0.142. The van der Waals surface area contributed by atoms with Crippen LogP contribution in [-0.2, 0) is 16.1 Å². The fourth-order valence-corrected chi connectivity index (χ4v) is 3.16. The van der Waals surface area contributed by atoms with E-state index < -0.39 is 6.04 Å². The lowest BCUT2D eigenvalue weighted by Gasteiger charge is -2.29. The molecule has 0 bridgehead atoms. The van der Waals surface area contributed by atoms with Crippen molar-refractivity contribution in [3.63, 3.8) is 0 Å². The first-order chi connectivity index (χ1) is 14.7. The first-order valence-electron chi connectivity index (χ1n) is 10.4. The summed E-state index contributed by atoms with van der Waals surface area (Å²) in [7, 11) is 1.60. The van der Waals surface area contributed by atoms with E-state index in [0.717, 1.165) is 27.8 Å². The van der Waals surface area contributed by atoms with Crippen LogP contribution < -0.4 is 14.8 Å². The molecule has 0 saturated heterocycles. The number of hydrogen-bond acceptors (Lipinski definition) is 4. The molecule has 168 valence electrons. The average Bonchev–Trinajstić information content (AvgIpc) is 2.77. The summed E-state index contributed by atoms with van der Waals surface area (Å²) in [6, 6.07) is 12.4. The molecule has 0 aromatic heterocycles. The van der Waals surface area contributed by atoms with Crippen molar-refractivity contribution in [3.05, 3.63) is 58.1 Å². The van der Waals surface area contributed by atoms with E-state index in [1.165, 1.54) is 0 Å². The van der Waals surface area contributed by atoms with Crippen LogP contribution in [0, 0.1) is 6.92 Å². The number of nitrogens with one attached hydrogen (secondary N) is 1. The number of methoxy groups -OCH3 is 1. The Morgan fingerprint density at radius 1 is 1.10 bits per heavy atom. The number of amides is 2. The van der Waals surface area contributed by atoms with Gasteiger partial charge in [0, 0.05) is 17.1 Å². The second-order valence-corrected chi connectivity index (χ2v) is 8.42. The molecule has 0 saturated carbocycles. The van der Waals surface area contributed by atoms with Gasteiger partial charge in [-0.25, -0.2) is 0 Å². The van der Waals surface area contributed by atoms with Gasteiger partial charge in [-0.05, 0) is 68.7 Å². The van der Waals surface area contributed by atoms with Gasteiger partial charge in [-0.15, -0.1) is 0 Å². The minimum absolute atomic E-state index is 0.0369. The molecule has 0 radical (unpaired) electrons. The number of halogens is 1. The largest absolute Gasteiger partial charge is 0.497 e. The number of ether oxygens (including phenoxy) is 2. The molecule has 2 rings (SSSR count). The van der Waals surface area contributed by atoms with Gasteiger partial charge in [0.05, 0.1) is 7.11 Å². The zero-order chi connectivity index (χ0) is 23.0. The van der Waals surface area contributed by atoms with Crippen LogP contribution in [0.3, 0.4) is 0 Å². The Morgan fingerprint density at radius 2 is 1.74 bits per heavy atom. The molecular weight excluding hydrogens is 460 g/mol. The molecule has 0 heterocycles. The third-order valence-electron chi connectivity index (χ3n) is 5.17. The third kappa shape index (κ3) is 7.28. The second-order valence-electron chi connectivity index (χ2n) is 7.56. The first-order valence-corrected chi connectivity index (χ1v) is 11.2.